The molecule has 0 radical (unpaired) electrons. The van der Waals surface area contributed by atoms with Gasteiger partial charge in [0.05, 0.1) is 18.9 Å². The lowest BCUT2D eigenvalue weighted by atomic mass is 10.0. The molecule has 0 aliphatic carbocycles. The Morgan fingerprint density at radius 2 is 1.94 bits per heavy atom. The number of halogens is 3. The Morgan fingerprint density at radius 1 is 1.12 bits per heavy atom. The molecule has 3 aliphatic rings. The molecule has 3 N–H and O–H groups in total. The molecule has 3 aromatic heterocycles. The largest absolute Gasteiger partial charge is 0.419 e. The van der Waals surface area contributed by atoms with Crippen molar-refractivity contribution in [3.05, 3.63) is 41.9 Å². The first-order valence-corrected chi connectivity index (χ1v) is 11.4. The van der Waals surface area contributed by atoms with Crippen molar-refractivity contribution in [3.63, 3.8) is 0 Å². The number of anilines is 2. The van der Waals surface area contributed by atoms with Gasteiger partial charge < -0.3 is 25.3 Å². The van der Waals surface area contributed by atoms with Gasteiger partial charge in [-0.25, -0.2) is 15.0 Å². The van der Waals surface area contributed by atoms with Crippen LogP contribution in [0.4, 0.5) is 24.9 Å². The molecule has 34 heavy (non-hydrogen) atoms. The summed E-state index contributed by atoms with van der Waals surface area (Å²) >= 11 is 0. The van der Waals surface area contributed by atoms with Crippen molar-refractivity contribution in [2.75, 3.05) is 49.6 Å². The maximum Gasteiger partial charge on any atom is 0.419 e. The summed E-state index contributed by atoms with van der Waals surface area (Å²) in [5.41, 5.74) is 0.646. The second-order valence-electron chi connectivity index (χ2n) is 9.00. The van der Waals surface area contributed by atoms with Crippen LogP contribution < -0.4 is 15.5 Å². The lowest BCUT2D eigenvalue weighted by molar-refractivity contribution is -0.137. The van der Waals surface area contributed by atoms with E-state index in [1.807, 2.05) is 18.2 Å². The fraction of sp³-hybridized carbons (Fsp3) is 0.435. The number of H-pyrrole nitrogens is 1. The lowest BCUT2D eigenvalue weighted by Gasteiger charge is -2.18. The average molecular weight is 471 g/mol. The first kappa shape index (κ1) is 21.4. The highest BCUT2D eigenvalue weighted by atomic mass is 19.4. The molecule has 2 unspecified atom stereocenters. The Hall–Kier alpha value is -3.18. The molecule has 178 valence electrons. The fourth-order valence-corrected chi connectivity index (χ4v) is 4.98. The summed E-state index contributed by atoms with van der Waals surface area (Å²) in [6.07, 6.45) is 0.612. The predicted molar refractivity (Wildman–Crippen MR) is 121 cm³/mol. The van der Waals surface area contributed by atoms with Crippen molar-refractivity contribution in [2.45, 2.75) is 12.6 Å². The lowest BCUT2D eigenvalue weighted by Crippen LogP contribution is -2.26. The van der Waals surface area contributed by atoms with Crippen molar-refractivity contribution in [2.24, 2.45) is 11.8 Å². The van der Waals surface area contributed by atoms with E-state index in [1.165, 1.54) is 6.20 Å². The maximum atomic E-state index is 13.8. The number of hydrogen-bond acceptors (Lipinski definition) is 7. The molecule has 2 atom stereocenters. The molecule has 0 spiro atoms. The van der Waals surface area contributed by atoms with Crippen molar-refractivity contribution >= 4 is 22.8 Å². The van der Waals surface area contributed by atoms with E-state index >= 15 is 0 Å². The number of alkyl halides is 3. The second-order valence-corrected chi connectivity index (χ2v) is 9.00. The Labute approximate surface area is 193 Å². The third-order valence-electron chi connectivity index (χ3n) is 6.74. The van der Waals surface area contributed by atoms with Crippen molar-refractivity contribution in [3.8, 4) is 11.3 Å². The summed E-state index contributed by atoms with van der Waals surface area (Å²) in [7, 11) is 0. The molecule has 2 saturated heterocycles. The van der Waals surface area contributed by atoms with Gasteiger partial charge in [-0.2, -0.15) is 13.2 Å². The standard InChI is InChI=1S/C23H24F3N7O/c24-23(25,26)18-8-29-22(30-15-2-1-5-27-6-15)32-20(18)17-7-28-21-16(17)3-4-19(31-21)33-9-13-11-34-12-14(13)10-33/h2-4,7-8,13-14,27H,1,5-6,9-12H2,(H,28,31)(H,29,30,32). The molecule has 0 saturated carbocycles. The quantitative estimate of drug-likeness (QED) is 0.537. The number of fused-ring (bicyclic) bond motifs is 2. The van der Waals surface area contributed by atoms with E-state index in [0.717, 1.165) is 57.0 Å². The third kappa shape index (κ3) is 3.88. The number of pyridine rings is 1. The summed E-state index contributed by atoms with van der Waals surface area (Å²) in [6.45, 7) is 4.74. The van der Waals surface area contributed by atoms with Gasteiger partial charge in [0.15, 0.2) is 0 Å². The van der Waals surface area contributed by atoms with Crippen LogP contribution in [0.5, 0.6) is 0 Å². The number of rotatable bonds is 4. The van der Waals surface area contributed by atoms with Crippen LogP contribution in [0.1, 0.15) is 12.0 Å². The predicted octanol–water partition coefficient (Wildman–Crippen LogP) is 3.41. The SMILES string of the molecule is FC(F)(F)c1cnc(NC2=CCCNC2)nc1-c1c[nH]c2nc(N3CC4COCC4C3)ccc12. The van der Waals surface area contributed by atoms with Crippen LogP contribution in [0.3, 0.4) is 0 Å². The summed E-state index contributed by atoms with van der Waals surface area (Å²) in [5.74, 6) is 1.95. The Morgan fingerprint density at radius 3 is 2.68 bits per heavy atom. The maximum absolute atomic E-state index is 13.8. The number of aromatic nitrogens is 4. The van der Waals surface area contributed by atoms with Gasteiger partial charge >= 0.3 is 6.18 Å². The number of nitrogens with zero attached hydrogens (tertiary/aromatic N) is 4. The first-order chi connectivity index (χ1) is 16.5. The summed E-state index contributed by atoms with van der Waals surface area (Å²) < 4.78 is 47.1. The zero-order valence-corrected chi connectivity index (χ0v) is 18.3. The molecule has 0 amide bonds. The fourth-order valence-electron chi connectivity index (χ4n) is 4.98. The Bertz CT molecular complexity index is 1240. The van der Waals surface area contributed by atoms with Crippen LogP contribution in [0.15, 0.2) is 36.3 Å². The van der Waals surface area contributed by atoms with E-state index in [2.05, 4.69) is 30.5 Å². The highest BCUT2D eigenvalue weighted by Crippen LogP contribution is 2.39. The molecule has 0 aromatic carbocycles. The highest BCUT2D eigenvalue weighted by molar-refractivity contribution is 5.94. The normalized spacial score (nSPS) is 22.8. The van der Waals surface area contributed by atoms with Gasteiger partial charge in [0.2, 0.25) is 5.95 Å². The van der Waals surface area contributed by atoms with Crippen LogP contribution >= 0.6 is 0 Å². The van der Waals surface area contributed by atoms with E-state index in [1.54, 1.807) is 0 Å². The Balaban J connectivity index is 1.35. The van der Waals surface area contributed by atoms with Gasteiger partial charge in [0.1, 0.15) is 17.0 Å². The monoisotopic (exact) mass is 471 g/mol. The molecular formula is C23H24F3N7O. The van der Waals surface area contributed by atoms with E-state index in [4.69, 9.17) is 9.72 Å². The van der Waals surface area contributed by atoms with E-state index < -0.39 is 11.7 Å². The average Bonchev–Trinajstić information content (AvgIpc) is 3.53. The molecule has 11 heteroatoms. The van der Waals surface area contributed by atoms with Crippen molar-refractivity contribution in [1.82, 2.24) is 25.3 Å². The number of hydrogen-bond donors (Lipinski definition) is 3. The zero-order valence-electron chi connectivity index (χ0n) is 18.3. The molecule has 3 aliphatic heterocycles. The van der Waals surface area contributed by atoms with Gasteiger partial charge in [0.25, 0.3) is 0 Å². The van der Waals surface area contributed by atoms with Crippen LogP contribution in [0.2, 0.25) is 0 Å². The van der Waals surface area contributed by atoms with Gasteiger partial charge in [-0.3, -0.25) is 0 Å². The van der Waals surface area contributed by atoms with Crippen molar-refractivity contribution < 1.29 is 17.9 Å². The molecule has 2 fully saturated rings. The first-order valence-electron chi connectivity index (χ1n) is 11.4. The molecule has 8 nitrogen and oxygen atoms in total. The van der Waals surface area contributed by atoms with E-state index in [0.29, 0.717) is 35.0 Å². The van der Waals surface area contributed by atoms with Crippen LogP contribution in [-0.2, 0) is 10.9 Å². The highest BCUT2D eigenvalue weighted by Gasteiger charge is 2.38. The summed E-state index contributed by atoms with van der Waals surface area (Å²) in [4.78, 5) is 18.2. The molecular weight excluding hydrogens is 447 g/mol. The topological polar surface area (TPSA) is 91.0 Å². The number of nitrogens with one attached hydrogen (secondary N) is 3. The van der Waals surface area contributed by atoms with Crippen molar-refractivity contribution in [1.29, 1.82) is 0 Å². The summed E-state index contributed by atoms with van der Waals surface area (Å²) in [5, 5.41) is 6.83. The minimum atomic E-state index is -4.59. The summed E-state index contributed by atoms with van der Waals surface area (Å²) in [6, 6.07) is 3.69. The van der Waals surface area contributed by atoms with Crippen LogP contribution in [0.25, 0.3) is 22.3 Å². The van der Waals surface area contributed by atoms with Gasteiger partial charge in [0, 0.05) is 60.5 Å². The Kier molecular flexibility index (Phi) is 5.18. The van der Waals surface area contributed by atoms with Gasteiger partial charge in [-0.05, 0) is 25.1 Å². The zero-order chi connectivity index (χ0) is 23.3. The minimum Gasteiger partial charge on any atom is -0.381 e. The van der Waals surface area contributed by atoms with Crippen LogP contribution in [-0.4, -0.2) is 59.3 Å². The van der Waals surface area contributed by atoms with E-state index in [-0.39, 0.29) is 11.6 Å². The second kappa shape index (κ2) is 8.24. The molecule has 3 aromatic rings. The van der Waals surface area contributed by atoms with Crippen LogP contribution in [0, 0.1) is 11.8 Å². The molecule has 6 heterocycles. The van der Waals surface area contributed by atoms with Gasteiger partial charge in [-0.15, -0.1) is 0 Å². The smallest absolute Gasteiger partial charge is 0.381 e. The number of aromatic amines is 1. The molecule has 0 bridgehead atoms. The third-order valence-corrected chi connectivity index (χ3v) is 6.74. The minimum absolute atomic E-state index is 0.128. The van der Waals surface area contributed by atoms with E-state index in [9.17, 15) is 13.2 Å². The molecule has 6 rings (SSSR count). The number of ether oxygens (including phenoxy) is 1. The van der Waals surface area contributed by atoms with Gasteiger partial charge in [-0.1, -0.05) is 6.08 Å².